The molecular weight excluding hydrogens is 405 g/mol. The lowest BCUT2D eigenvalue weighted by Gasteiger charge is -2.56. The maximum Gasteiger partial charge on any atom is 0.315 e. The number of rotatable bonds is 5. The second-order valence-corrected chi connectivity index (χ2v) is 11.9. The van der Waals surface area contributed by atoms with E-state index in [4.69, 9.17) is 0 Å². The molecule has 4 saturated carbocycles. The van der Waals surface area contributed by atoms with E-state index in [1.54, 1.807) is 0 Å². The second kappa shape index (κ2) is 7.48. The molecule has 4 aliphatic carbocycles. The monoisotopic (exact) mass is 435 g/mol. The third-order valence-corrected chi connectivity index (χ3v) is 9.55. The topological polar surface area (TPSA) is 78.5 Å². The maximum atomic E-state index is 13.1. The quantitative estimate of drug-likeness (QED) is 0.746. The average molecular weight is 436 g/mol. The fraction of sp³-hybridized carbons (Fsp3) is 0.682. The summed E-state index contributed by atoms with van der Waals surface area (Å²) in [7, 11) is -3.62. The molecule has 5 aliphatic rings. The number of hydrogen-bond acceptors (Lipinski definition) is 3. The van der Waals surface area contributed by atoms with Gasteiger partial charge in [-0.1, -0.05) is 0 Å². The van der Waals surface area contributed by atoms with Gasteiger partial charge in [-0.2, -0.15) is 4.31 Å². The summed E-state index contributed by atoms with van der Waals surface area (Å²) in [4.78, 5) is 12.7. The van der Waals surface area contributed by atoms with Crippen LogP contribution < -0.4 is 10.6 Å². The van der Waals surface area contributed by atoms with Gasteiger partial charge in [0.1, 0.15) is 5.82 Å². The number of urea groups is 1. The minimum Gasteiger partial charge on any atom is -0.338 e. The Kier molecular flexibility index (Phi) is 5.05. The number of carbonyl (C=O) groups excluding carboxylic acids is 1. The van der Waals surface area contributed by atoms with E-state index in [9.17, 15) is 17.6 Å². The molecule has 0 spiro atoms. The van der Waals surface area contributed by atoms with Crippen LogP contribution in [0, 0.1) is 29.5 Å². The van der Waals surface area contributed by atoms with E-state index in [1.165, 1.54) is 35.7 Å². The minimum atomic E-state index is -3.62. The Morgan fingerprint density at radius 1 is 1.07 bits per heavy atom. The van der Waals surface area contributed by atoms with Gasteiger partial charge >= 0.3 is 6.03 Å². The summed E-state index contributed by atoms with van der Waals surface area (Å²) in [5.74, 6) is 1.95. The van der Waals surface area contributed by atoms with Crippen molar-refractivity contribution in [3.8, 4) is 0 Å². The molecule has 1 unspecified atom stereocenters. The first-order valence-corrected chi connectivity index (χ1v) is 12.6. The molecule has 1 saturated heterocycles. The summed E-state index contributed by atoms with van der Waals surface area (Å²) >= 11 is 0. The van der Waals surface area contributed by atoms with Gasteiger partial charge in [0.15, 0.2) is 0 Å². The fourth-order valence-corrected chi connectivity index (χ4v) is 8.25. The number of amides is 2. The highest BCUT2D eigenvalue weighted by atomic mass is 32.2. The number of nitrogens with one attached hydrogen (secondary N) is 2. The molecule has 1 aromatic carbocycles. The first-order chi connectivity index (χ1) is 14.3. The van der Waals surface area contributed by atoms with E-state index in [0.29, 0.717) is 26.1 Å². The van der Waals surface area contributed by atoms with Crippen LogP contribution in [0.25, 0.3) is 0 Å². The fourth-order valence-electron chi connectivity index (χ4n) is 6.72. The third-order valence-electron chi connectivity index (χ3n) is 7.67. The van der Waals surface area contributed by atoms with Crippen molar-refractivity contribution in [1.82, 2.24) is 14.9 Å². The summed E-state index contributed by atoms with van der Waals surface area (Å²) in [5.41, 5.74) is -0.0214. The van der Waals surface area contributed by atoms with Crippen LogP contribution in [0.2, 0.25) is 0 Å². The molecule has 6 nitrogen and oxygen atoms in total. The van der Waals surface area contributed by atoms with E-state index >= 15 is 0 Å². The summed E-state index contributed by atoms with van der Waals surface area (Å²) in [6, 6.07) is 4.81. The van der Waals surface area contributed by atoms with Crippen molar-refractivity contribution >= 4 is 16.1 Å². The molecule has 1 atom stereocenters. The Morgan fingerprint density at radius 2 is 1.67 bits per heavy atom. The Balaban J connectivity index is 1.13. The molecule has 0 aromatic heterocycles. The molecule has 30 heavy (non-hydrogen) atoms. The molecule has 0 radical (unpaired) electrons. The minimum absolute atomic E-state index is 0.0214. The maximum absolute atomic E-state index is 13.1. The molecule has 2 amide bonds. The number of benzene rings is 1. The van der Waals surface area contributed by atoms with Crippen LogP contribution in [-0.4, -0.2) is 43.9 Å². The van der Waals surface area contributed by atoms with Gasteiger partial charge in [-0.15, -0.1) is 0 Å². The van der Waals surface area contributed by atoms with Crippen LogP contribution in [0.3, 0.4) is 0 Å². The highest BCUT2D eigenvalue weighted by Gasteiger charge is 2.51. The largest absolute Gasteiger partial charge is 0.338 e. The lowest BCUT2D eigenvalue weighted by atomic mass is 9.53. The summed E-state index contributed by atoms with van der Waals surface area (Å²) < 4.78 is 40.0. The number of nitrogens with zero attached hydrogens (tertiary/aromatic N) is 1. The van der Waals surface area contributed by atoms with Crippen molar-refractivity contribution in [2.45, 2.75) is 55.4 Å². The van der Waals surface area contributed by atoms with Crippen molar-refractivity contribution in [3.05, 3.63) is 30.1 Å². The highest BCUT2D eigenvalue weighted by Crippen LogP contribution is 2.55. The van der Waals surface area contributed by atoms with Gasteiger partial charge in [0, 0.05) is 25.2 Å². The molecule has 5 fully saturated rings. The van der Waals surface area contributed by atoms with Crippen molar-refractivity contribution in [3.63, 3.8) is 0 Å². The Hall–Kier alpha value is -1.67. The van der Waals surface area contributed by atoms with E-state index < -0.39 is 15.8 Å². The molecule has 1 heterocycles. The van der Waals surface area contributed by atoms with E-state index in [2.05, 4.69) is 10.6 Å². The molecule has 4 bridgehead atoms. The third kappa shape index (κ3) is 3.84. The zero-order valence-electron chi connectivity index (χ0n) is 17.1. The summed E-state index contributed by atoms with van der Waals surface area (Å²) in [6.45, 7) is 1.26. The van der Waals surface area contributed by atoms with Crippen LogP contribution in [0.5, 0.6) is 0 Å². The van der Waals surface area contributed by atoms with Crippen molar-refractivity contribution in [2.75, 3.05) is 19.6 Å². The Morgan fingerprint density at radius 3 is 2.27 bits per heavy atom. The van der Waals surface area contributed by atoms with Crippen molar-refractivity contribution < 1.29 is 17.6 Å². The molecule has 6 rings (SSSR count). The predicted octanol–water partition coefficient (Wildman–Crippen LogP) is 3.10. The summed E-state index contributed by atoms with van der Waals surface area (Å²) in [6.07, 6.45) is 8.05. The number of sulfonamides is 1. The van der Waals surface area contributed by atoms with E-state index in [1.807, 2.05) is 0 Å². The lowest BCUT2D eigenvalue weighted by molar-refractivity contribution is -0.0135. The first kappa shape index (κ1) is 20.2. The lowest BCUT2D eigenvalue weighted by Crippen LogP contribution is -2.61. The standard InChI is InChI=1S/C22H30FN3O3S/c23-19-1-3-20(4-2-19)30(28,29)26-6-5-15(14-26)13-24-21(27)25-22-10-16-7-17(11-22)9-18(8-16)12-22/h1-4,15-18H,5-14H2,(H2,24,25,27). The van der Waals surface area contributed by atoms with E-state index in [-0.39, 0.29) is 22.4 Å². The second-order valence-electron chi connectivity index (χ2n) is 10.0. The highest BCUT2D eigenvalue weighted by molar-refractivity contribution is 7.89. The van der Waals surface area contributed by atoms with Crippen LogP contribution in [0.1, 0.15) is 44.9 Å². The van der Waals surface area contributed by atoms with Crippen molar-refractivity contribution in [1.29, 1.82) is 0 Å². The SMILES string of the molecule is O=C(NCC1CCN(S(=O)(=O)c2ccc(F)cc2)C1)NC12CC3CC(CC(C3)C1)C2. The number of hydrogen-bond donors (Lipinski definition) is 2. The smallest absolute Gasteiger partial charge is 0.315 e. The van der Waals surface area contributed by atoms with Crippen LogP contribution in [0.4, 0.5) is 9.18 Å². The van der Waals surface area contributed by atoms with Gasteiger partial charge in [-0.3, -0.25) is 0 Å². The van der Waals surface area contributed by atoms with Gasteiger partial charge < -0.3 is 10.6 Å². The van der Waals surface area contributed by atoms with E-state index in [0.717, 1.165) is 49.1 Å². The molecule has 8 heteroatoms. The number of halogens is 1. The Bertz CT molecular complexity index is 883. The average Bonchev–Trinajstić information content (AvgIpc) is 3.15. The zero-order valence-corrected chi connectivity index (χ0v) is 18.0. The van der Waals surface area contributed by atoms with Gasteiger partial charge in [-0.25, -0.2) is 17.6 Å². The van der Waals surface area contributed by atoms with Gasteiger partial charge in [0.2, 0.25) is 10.0 Å². The van der Waals surface area contributed by atoms with Crippen LogP contribution in [-0.2, 0) is 10.0 Å². The van der Waals surface area contributed by atoms with Crippen LogP contribution >= 0.6 is 0 Å². The molecule has 1 aliphatic heterocycles. The molecule has 2 N–H and O–H groups in total. The first-order valence-electron chi connectivity index (χ1n) is 11.1. The summed E-state index contributed by atoms with van der Waals surface area (Å²) in [5, 5.41) is 6.30. The normalized spacial score (nSPS) is 35.5. The number of carbonyl (C=O) groups is 1. The van der Waals surface area contributed by atoms with Gasteiger partial charge in [0.05, 0.1) is 4.90 Å². The van der Waals surface area contributed by atoms with Crippen molar-refractivity contribution in [2.24, 2.45) is 23.7 Å². The van der Waals surface area contributed by atoms with Crippen LogP contribution in [0.15, 0.2) is 29.2 Å². The zero-order chi connectivity index (χ0) is 20.9. The molecule has 1 aromatic rings. The predicted molar refractivity (Wildman–Crippen MR) is 111 cm³/mol. The molecule has 164 valence electrons. The molecular formula is C22H30FN3O3S. The van der Waals surface area contributed by atoms with Gasteiger partial charge in [-0.05, 0) is 92.9 Å². The van der Waals surface area contributed by atoms with Gasteiger partial charge in [0.25, 0.3) is 0 Å². The Labute approximate surface area is 177 Å².